The summed E-state index contributed by atoms with van der Waals surface area (Å²) in [7, 11) is 0. The predicted molar refractivity (Wildman–Crippen MR) is 126 cm³/mol. The number of hydrogen-bond acceptors (Lipinski definition) is 3. The van der Waals surface area contributed by atoms with E-state index in [1.54, 1.807) is 5.57 Å². The predicted octanol–water partition coefficient (Wildman–Crippen LogP) is 4.40. The van der Waals surface area contributed by atoms with E-state index in [2.05, 4.69) is 21.2 Å². The fourth-order valence-electron chi connectivity index (χ4n) is 6.78. The van der Waals surface area contributed by atoms with Crippen LogP contribution in [0.4, 0.5) is 0 Å². The number of fused-ring (bicyclic) bond motifs is 6. The topological polar surface area (TPSA) is 35.6 Å². The SMILES string of the molecule is Cc1ccc(C(=O)NCCCCN2CCCC3=C[C@H]4C[C@H](CN5CCCC[C@H]45)[C@@H]32)cc1. The fraction of sp³-hybridized carbons (Fsp3) is 0.667. The van der Waals surface area contributed by atoms with Gasteiger partial charge in [0, 0.05) is 30.7 Å². The molecule has 1 aliphatic carbocycles. The molecule has 3 saturated heterocycles. The normalized spacial score (nSPS) is 30.8. The summed E-state index contributed by atoms with van der Waals surface area (Å²) >= 11 is 0. The minimum Gasteiger partial charge on any atom is -0.352 e. The van der Waals surface area contributed by atoms with Gasteiger partial charge in [-0.15, -0.1) is 0 Å². The first-order valence-corrected chi connectivity index (χ1v) is 12.7. The summed E-state index contributed by atoms with van der Waals surface area (Å²) in [5, 5.41) is 3.10. The van der Waals surface area contributed by atoms with Crippen LogP contribution >= 0.6 is 0 Å². The number of nitrogens with zero attached hydrogens (tertiary/aromatic N) is 2. The standard InChI is InChI=1S/C27H39N3O/c1-20-9-11-21(12-10-20)27(31)28-13-3-5-14-29-16-6-7-22-17-23-18-24(26(22)29)19-30-15-4-2-8-25(23)30/h9-12,17,23-26H,2-8,13-16,18-19H2,1H3,(H,28,31)/t23-,24+,25+,26+/m0/s1. The number of rotatable bonds is 6. The lowest BCUT2D eigenvalue weighted by Gasteiger charge is -2.55. The van der Waals surface area contributed by atoms with Gasteiger partial charge in [0.1, 0.15) is 0 Å². The van der Waals surface area contributed by atoms with Crippen molar-refractivity contribution in [3.8, 4) is 0 Å². The van der Waals surface area contributed by atoms with E-state index in [1.807, 2.05) is 31.2 Å². The van der Waals surface area contributed by atoms with E-state index >= 15 is 0 Å². The van der Waals surface area contributed by atoms with E-state index in [0.717, 1.165) is 36.4 Å². The van der Waals surface area contributed by atoms with Gasteiger partial charge < -0.3 is 5.32 Å². The van der Waals surface area contributed by atoms with Crippen molar-refractivity contribution in [2.75, 3.05) is 32.7 Å². The van der Waals surface area contributed by atoms with Gasteiger partial charge in [0.25, 0.3) is 5.91 Å². The summed E-state index contributed by atoms with van der Waals surface area (Å²) in [5.41, 5.74) is 3.72. The molecule has 0 radical (unpaired) electrons. The Morgan fingerprint density at radius 1 is 1.10 bits per heavy atom. The molecule has 4 nitrogen and oxygen atoms in total. The lowest BCUT2D eigenvalue weighted by atomic mass is 9.68. The molecule has 0 saturated carbocycles. The molecule has 1 N–H and O–H groups in total. The molecule has 31 heavy (non-hydrogen) atoms. The van der Waals surface area contributed by atoms with Crippen LogP contribution in [0.25, 0.3) is 0 Å². The minimum atomic E-state index is 0.0554. The molecule has 1 amide bonds. The monoisotopic (exact) mass is 421 g/mol. The molecule has 4 atom stereocenters. The van der Waals surface area contributed by atoms with E-state index in [-0.39, 0.29) is 5.91 Å². The minimum absolute atomic E-state index is 0.0554. The third-order valence-corrected chi connectivity index (χ3v) is 8.23. The van der Waals surface area contributed by atoms with Crippen LogP contribution < -0.4 is 5.32 Å². The molecule has 1 aromatic carbocycles. The van der Waals surface area contributed by atoms with Crippen molar-refractivity contribution in [2.24, 2.45) is 11.8 Å². The largest absolute Gasteiger partial charge is 0.352 e. The highest BCUT2D eigenvalue weighted by atomic mass is 16.1. The van der Waals surface area contributed by atoms with Gasteiger partial charge in [-0.05, 0) is 95.5 Å². The van der Waals surface area contributed by atoms with Crippen LogP contribution in [0.2, 0.25) is 0 Å². The quantitative estimate of drug-likeness (QED) is 0.546. The van der Waals surface area contributed by atoms with Gasteiger partial charge in [0.2, 0.25) is 0 Å². The van der Waals surface area contributed by atoms with Crippen molar-refractivity contribution >= 4 is 5.91 Å². The van der Waals surface area contributed by atoms with Crippen LogP contribution in [0.1, 0.15) is 67.3 Å². The van der Waals surface area contributed by atoms with Gasteiger partial charge in [-0.1, -0.05) is 35.8 Å². The number of unbranched alkanes of at least 4 members (excludes halogenated alkanes) is 1. The molecular formula is C27H39N3O. The Balaban J connectivity index is 1.12. The van der Waals surface area contributed by atoms with E-state index in [1.165, 1.54) is 76.7 Å². The summed E-state index contributed by atoms with van der Waals surface area (Å²) in [5.74, 6) is 1.71. The number of hydrogen-bond donors (Lipinski definition) is 1. The van der Waals surface area contributed by atoms with Crippen LogP contribution in [0.3, 0.4) is 0 Å². The summed E-state index contributed by atoms with van der Waals surface area (Å²) in [6.45, 7) is 7.90. The van der Waals surface area contributed by atoms with Crippen molar-refractivity contribution in [1.29, 1.82) is 0 Å². The van der Waals surface area contributed by atoms with Crippen molar-refractivity contribution in [1.82, 2.24) is 15.1 Å². The van der Waals surface area contributed by atoms with Crippen molar-refractivity contribution in [3.63, 3.8) is 0 Å². The number of benzene rings is 1. The molecule has 4 aliphatic rings. The Morgan fingerprint density at radius 2 is 1.97 bits per heavy atom. The maximum atomic E-state index is 12.3. The maximum Gasteiger partial charge on any atom is 0.251 e. The van der Waals surface area contributed by atoms with E-state index in [0.29, 0.717) is 6.04 Å². The first-order valence-electron chi connectivity index (χ1n) is 12.7. The van der Waals surface area contributed by atoms with Gasteiger partial charge in [-0.3, -0.25) is 14.6 Å². The molecule has 0 unspecified atom stereocenters. The van der Waals surface area contributed by atoms with E-state index in [9.17, 15) is 4.79 Å². The van der Waals surface area contributed by atoms with Crippen molar-refractivity contribution in [3.05, 3.63) is 47.0 Å². The molecule has 3 heterocycles. The molecule has 0 aromatic heterocycles. The number of likely N-dealkylation sites (tertiary alicyclic amines) is 1. The highest BCUT2D eigenvalue weighted by Gasteiger charge is 2.45. The molecule has 168 valence electrons. The Kier molecular flexibility index (Phi) is 6.47. The van der Waals surface area contributed by atoms with Crippen molar-refractivity contribution < 1.29 is 4.79 Å². The zero-order valence-corrected chi connectivity index (χ0v) is 19.2. The zero-order chi connectivity index (χ0) is 21.2. The Morgan fingerprint density at radius 3 is 2.84 bits per heavy atom. The van der Waals surface area contributed by atoms with E-state index in [4.69, 9.17) is 0 Å². The molecule has 1 aromatic rings. The van der Waals surface area contributed by atoms with Crippen LogP contribution in [0.15, 0.2) is 35.9 Å². The number of carbonyl (C=O) groups excluding carboxylic acids is 1. The first kappa shape index (κ1) is 21.2. The Hall–Kier alpha value is -1.65. The highest BCUT2D eigenvalue weighted by molar-refractivity contribution is 5.94. The van der Waals surface area contributed by atoms with E-state index < -0.39 is 0 Å². The summed E-state index contributed by atoms with van der Waals surface area (Å²) < 4.78 is 0. The molecule has 3 aliphatic heterocycles. The van der Waals surface area contributed by atoms with Gasteiger partial charge >= 0.3 is 0 Å². The second-order valence-electron chi connectivity index (χ2n) is 10.4. The molecule has 5 rings (SSSR count). The summed E-state index contributed by atoms with van der Waals surface area (Å²) in [6.07, 6.45) is 13.3. The second kappa shape index (κ2) is 9.46. The van der Waals surface area contributed by atoms with Gasteiger partial charge in [-0.25, -0.2) is 0 Å². The van der Waals surface area contributed by atoms with Crippen LogP contribution in [0, 0.1) is 18.8 Å². The fourth-order valence-corrected chi connectivity index (χ4v) is 6.78. The number of amides is 1. The Labute approximate surface area is 188 Å². The second-order valence-corrected chi connectivity index (χ2v) is 10.4. The molecule has 0 spiro atoms. The number of nitrogens with one attached hydrogen (secondary N) is 1. The number of carbonyl (C=O) groups is 1. The molecule has 3 fully saturated rings. The average Bonchev–Trinajstić information content (AvgIpc) is 2.79. The summed E-state index contributed by atoms with van der Waals surface area (Å²) in [4.78, 5) is 17.9. The number of piperidine rings is 3. The molecular weight excluding hydrogens is 382 g/mol. The lowest BCUT2D eigenvalue weighted by Crippen LogP contribution is -2.59. The van der Waals surface area contributed by atoms with Crippen LogP contribution in [-0.4, -0.2) is 60.5 Å². The van der Waals surface area contributed by atoms with Crippen LogP contribution in [-0.2, 0) is 0 Å². The molecule has 4 heteroatoms. The zero-order valence-electron chi connectivity index (χ0n) is 19.2. The maximum absolute atomic E-state index is 12.3. The Bertz CT molecular complexity index is 801. The van der Waals surface area contributed by atoms with Crippen LogP contribution in [0.5, 0.6) is 0 Å². The number of aryl methyl sites for hydroxylation is 1. The third-order valence-electron chi connectivity index (χ3n) is 8.23. The first-order chi connectivity index (χ1) is 15.2. The van der Waals surface area contributed by atoms with Gasteiger partial charge in [-0.2, -0.15) is 0 Å². The highest BCUT2D eigenvalue weighted by Crippen LogP contribution is 2.44. The van der Waals surface area contributed by atoms with Gasteiger partial charge in [0.05, 0.1) is 0 Å². The molecule has 2 bridgehead atoms. The lowest BCUT2D eigenvalue weighted by molar-refractivity contribution is -0.000934. The smallest absolute Gasteiger partial charge is 0.251 e. The average molecular weight is 422 g/mol. The van der Waals surface area contributed by atoms with Gasteiger partial charge in [0.15, 0.2) is 0 Å². The summed E-state index contributed by atoms with van der Waals surface area (Å²) in [6, 6.07) is 9.37. The third kappa shape index (κ3) is 4.61. The van der Waals surface area contributed by atoms with Crippen molar-refractivity contribution in [2.45, 2.75) is 70.4 Å².